The van der Waals surface area contributed by atoms with E-state index in [1.54, 1.807) is 22.7 Å². The lowest BCUT2D eigenvalue weighted by Crippen LogP contribution is -2.43. The molecule has 1 amide bonds. The van der Waals surface area contributed by atoms with Crippen molar-refractivity contribution in [2.24, 2.45) is 17.8 Å². The zero-order valence-electron chi connectivity index (χ0n) is 22.7. The Kier molecular flexibility index (Phi) is 9.19. The van der Waals surface area contributed by atoms with Crippen LogP contribution in [0.15, 0.2) is 36.5 Å². The number of nitrogens with zero attached hydrogens (tertiary/aromatic N) is 3. The van der Waals surface area contributed by atoms with E-state index in [1.807, 2.05) is 38.1 Å². The number of aromatic nitrogens is 2. The lowest BCUT2D eigenvalue weighted by atomic mass is 9.82. The molecule has 1 aliphatic carbocycles. The van der Waals surface area contributed by atoms with E-state index in [2.05, 4.69) is 19.1 Å². The lowest BCUT2D eigenvalue weighted by molar-refractivity contribution is -0.124. The van der Waals surface area contributed by atoms with Crippen molar-refractivity contribution in [2.45, 2.75) is 72.3 Å². The molecular weight excluding hydrogens is 466 g/mol. The average Bonchev–Trinajstić information content (AvgIpc) is 3.33. The van der Waals surface area contributed by atoms with Crippen LogP contribution in [-0.2, 0) is 14.3 Å². The number of carbonyl (C=O) groups is 2. The number of rotatable bonds is 8. The summed E-state index contributed by atoms with van der Waals surface area (Å²) >= 11 is 0. The van der Waals surface area contributed by atoms with Gasteiger partial charge in [0.1, 0.15) is 5.56 Å². The first-order valence-electron chi connectivity index (χ1n) is 13.8. The second kappa shape index (κ2) is 12.5. The fourth-order valence-electron chi connectivity index (χ4n) is 5.23. The third-order valence-electron chi connectivity index (χ3n) is 7.52. The van der Waals surface area contributed by atoms with Crippen LogP contribution in [0.5, 0.6) is 0 Å². The van der Waals surface area contributed by atoms with Gasteiger partial charge >= 0.3 is 5.97 Å². The molecule has 1 aromatic carbocycles. The van der Waals surface area contributed by atoms with E-state index in [1.165, 1.54) is 0 Å². The molecule has 37 heavy (non-hydrogen) atoms. The van der Waals surface area contributed by atoms with Crippen molar-refractivity contribution in [1.29, 1.82) is 0 Å². The number of amides is 1. The first-order valence-corrected chi connectivity index (χ1v) is 13.8. The Morgan fingerprint density at radius 3 is 2.41 bits per heavy atom. The molecule has 7 heteroatoms. The minimum atomic E-state index is -0.463. The molecule has 200 valence electrons. The predicted octanol–water partition coefficient (Wildman–Crippen LogP) is 6.06. The topological polar surface area (TPSA) is 73.7 Å². The molecule has 1 saturated heterocycles. The maximum atomic E-state index is 13.7. The molecule has 4 rings (SSSR count). The molecule has 0 spiro atoms. The molecule has 0 unspecified atom stereocenters. The van der Waals surface area contributed by atoms with E-state index in [4.69, 9.17) is 14.6 Å². The zero-order chi connectivity index (χ0) is 26.4. The van der Waals surface area contributed by atoms with E-state index in [0.717, 1.165) is 63.0 Å². The molecule has 0 bridgehead atoms. The van der Waals surface area contributed by atoms with Gasteiger partial charge in [0.2, 0.25) is 5.91 Å². The standard InChI is InChI=1S/C30H41N3O4/c1-5-37-30(35)27-20-32(26-14-10-23(11-15-26)8-9-24-16-18-36-19-17-24)31-28(27)33(21(2)3)29(34)25-12-6-22(4)7-13-25/h8-11,14-15,20-22,24-25H,5-7,12-13,16-19H2,1-4H3. The highest BCUT2D eigenvalue weighted by Crippen LogP contribution is 2.33. The van der Waals surface area contributed by atoms with Crippen molar-refractivity contribution in [3.8, 4) is 5.69 Å². The van der Waals surface area contributed by atoms with E-state index in [-0.39, 0.29) is 24.5 Å². The van der Waals surface area contributed by atoms with Crippen LogP contribution >= 0.6 is 0 Å². The summed E-state index contributed by atoms with van der Waals surface area (Å²) in [6.07, 6.45) is 12.1. The summed E-state index contributed by atoms with van der Waals surface area (Å²) in [7, 11) is 0. The smallest absolute Gasteiger partial charge is 0.343 e. The third kappa shape index (κ3) is 6.69. The van der Waals surface area contributed by atoms with Gasteiger partial charge in [0, 0.05) is 31.4 Å². The molecule has 1 saturated carbocycles. The molecule has 1 aliphatic heterocycles. The summed E-state index contributed by atoms with van der Waals surface area (Å²) in [6, 6.07) is 7.93. The van der Waals surface area contributed by atoms with E-state index >= 15 is 0 Å². The maximum absolute atomic E-state index is 13.7. The van der Waals surface area contributed by atoms with Crippen LogP contribution < -0.4 is 4.90 Å². The van der Waals surface area contributed by atoms with E-state index in [0.29, 0.717) is 23.2 Å². The van der Waals surface area contributed by atoms with Gasteiger partial charge in [-0.15, -0.1) is 5.10 Å². The Morgan fingerprint density at radius 1 is 1.11 bits per heavy atom. The minimum absolute atomic E-state index is 0.0411. The fraction of sp³-hybridized carbons (Fsp3) is 0.567. The normalized spacial score (nSPS) is 20.9. The first kappa shape index (κ1) is 27.1. The number of esters is 1. The lowest BCUT2D eigenvalue weighted by Gasteiger charge is -2.32. The summed E-state index contributed by atoms with van der Waals surface area (Å²) in [5, 5.41) is 4.77. The number of hydrogen-bond acceptors (Lipinski definition) is 5. The third-order valence-corrected chi connectivity index (χ3v) is 7.52. The summed E-state index contributed by atoms with van der Waals surface area (Å²) in [5.41, 5.74) is 2.25. The van der Waals surface area contributed by atoms with Crippen LogP contribution in [0, 0.1) is 17.8 Å². The van der Waals surface area contributed by atoms with Gasteiger partial charge in [-0.05, 0) is 88.8 Å². The summed E-state index contributed by atoms with van der Waals surface area (Å²) in [6.45, 7) is 9.88. The van der Waals surface area contributed by atoms with Gasteiger partial charge in [-0.1, -0.05) is 31.2 Å². The van der Waals surface area contributed by atoms with Crippen molar-refractivity contribution in [3.05, 3.63) is 47.7 Å². The van der Waals surface area contributed by atoms with Crippen LogP contribution in [0.4, 0.5) is 5.82 Å². The van der Waals surface area contributed by atoms with Crippen molar-refractivity contribution in [3.63, 3.8) is 0 Å². The average molecular weight is 508 g/mol. The molecular formula is C30H41N3O4. The molecule has 2 aromatic rings. The number of anilines is 1. The van der Waals surface area contributed by atoms with E-state index in [9.17, 15) is 9.59 Å². The zero-order valence-corrected chi connectivity index (χ0v) is 22.7. The predicted molar refractivity (Wildman–Crippen MR) is 146 cm³/mol. The van der Waals surface area contributed by atoms with Gasteiger partial charge < -0.3 is 9.47 Å². The number of ether oxygens (including phenoxy) is 2. The second-order valence-corrected chi connectivity index (χ2v) is 10.7. The molecule has 1 aromatic heterocycles. The first-order chi connectivity index (χ1) is 17.9. The van der Waals surface area contributed by atoms with Crippen molar-refractivity contribution < 1.29 is 19.1 Å². The molecule has 0 atom stereocenters. The molecule has 0 radical (unpaired) electrons. The second-order valence-electron chi connectivity index (χ2n) is 10.7. The van der Waals surface area contributed by atoms with Gasteiger partial charge in [-0.2, -0.15) is 0 Å². The highest BCUT2D eigenvalue weighted by Gasteiger charge is 2.34. The van der Waals surface area contributed by atoms with E-state index < -0.39 is 5.97 Å². The van der Waals surface area contributed by atoms with Crippen molar-refractivity contribution >= 4 is 23.8 Å². The molecule has 2 heterocycles. The Morgan fingerprint density at radius 2 is 1.78 bits per heavy atom. The summed E-state index contributed by atoms with van der Waals surface area (Å²) < 4.78 is 12.5. The monoisotopic (exact) mass is 507 g/mol. The van der Waals surface area contributed by atoms with Crippen LogP contribution in [-0.4, -0.2) is 47.5 Å². The number of hydrogen-bond donors (Lipinski definition) is 0. The molecule has 2 fully saturated rings. The Bertz CT molecular complexity index is 1070. The number of benzene rings is 1. The van der Waals surface area contributed by atoms with Crippen LogP contribution in [0.3, 0.4) is 0 Å². The number of carbonyl (C=O) groups excluding carboxylic acids is 2. The quantitative estimate of drug-likeness (QED) is 0.406. The molecule has 7 nitrogen and oxygen atoms in total. The van der Waals surface area contributed by atoms with Gasteiger partial charge in [-0.3, -0.25) is 9.69 Å². The molecule has 2 aliphatic rings. The fourth-order valence-corrected chi connectivity index (χ4v) is 5.23. The summed E-state index contributed by atoms with van der Waals surface area (Å²) in [4.78, 5) is 28.3. The van der Waals surface area contributed by atoms with Crippen molar-refractivity contribution in [2.75, 3.05) is 24.7 Å². The van der Waals surface area contributed by atoms with Gasteiger partial charge in [-0.25, -0.2) is 9.48 Å². The Balaban J connectivity index is 1.60. The highest BCUT2D eigenvalue weighted by molar-refractivity contribution is 6.02. The minimum Gasteiger partial charge on any atom is -0.462 e. The van der Waals surface area contributed by atoms with Crippen LogP contribution in [0.2, 0.25) is 0 Å². The van der Waals surface area contributed by atoms with Crippen LogP contribution in [0.1, 0.15) is 82.1 Å². The number of allylic oxidation sites excluding steroid dienone is 1. The van der Waals surface area contributed by atoms with Crippen LogP contribution in [0.25, 0.3) is 11.8 Å². The van der Waals surface area contributed by atoms with Crippen molar-refractivity contribution in [1.82, 2.24) is 9.78 Å². The van der Waals surface area contributed by atoms with Gasteiger partial charge in [0.05, 0.1) is 12.3 Å². The largest absolute Gasteiger partial charge is 0.462 e. The Hall–Kier alpha value is -2.93. The maximum Gasteiger partial charge on any atom is 0.343 e. The van der Waals surface area contributed by atoms with Gasteiger partial charge in [0.15, 0.2) is 5.82 Å². The van der Waals surface area contributed by atoms with Gasteiger partial charge in [0.25, 0.3) is 0 Å². The highest BCUT2D eigenvalue weighted by atomic mass is 16.5. The SMILES string of the molecule is CCOC(=O)c1cn(-c2ccc(C=CC3CCOCC3)cc2)nc1N(C(=O)C1CCC(C)CC1)C(C)C. The Labute approximate surface area is 220 Å². The molecule has 0 N–H and O–H groups in total. The summed E-state index contributed by atoms with van der Waals surface area (Å²) in [5.74, 6) is 1.13.